The Morgan fingerprint density at radius 3 is 2.81 bits per heavy atom. The Balaban J connectivity index is 1.68. The van der Waals surface area contributed by atoms with Crippen molar-refractivity contribution in [3.63, 3.8) is 0 Å². The summed E-state index contributed by atoms with van der Waals surface area (Å²) >= 11 is 0. The molecule has 3 rings (SSSR count). The van der Waals surface area contributed by atoms with Crippen molar-refractivity contribution in [2.24, 2.45) is 5.92 Å². The second kappa shape index (κ2) is 4.58. The quantitative estimate of drug-likeness (QED) is 0.817. The monoisotopic (exact) mass is 215 g/mol. The van der Waals surface area contributed by atoms with E-state index in [1.54, 1.807) is 11.1 Å². The molecular formula is C15H21N. The molecule has 1 aromatic rings. The molecule has 1 aliphatic carbocycles. The molecule has 1 aliphatic heterocycles. The third-order valence-corrected chi connectivity index (χ3v) is 4.21. The summed E-state index contributed by atoms with van der Waals surface area (Å²) in [7, 11) is 0. The summed E-state index contributed by atoms with van der Waals surface area (Å²) in [4.78, 5) is 0. The van der Waals surface area contributed by atoms with E-state index in [0.29, 0.717) is 0 Å². The highest BCUT2D eigenvalue weighted by Crippen LogP contribution is 2.36. The predicted octanol–water partition coefficient (Wildman–Crippen LogP) is 3.11. The molecule has 0 radical (unpaired) electrons. The van der Waals surface area contributed by atoms with E-state index in [-0.39, 0.29) is 0 Å². The van der Waals surface area contributed by atoms with Crippen molar-refractivity contribution >= 4 is 0 Å². The Hall–Kier alpha value is -0.820. The highest BCUT2D eigenvalue weighted by atomic mass is 14.9. The molecule has 86 valence electrons. The van der Waals surface area contributed by atoms with Gasteiger partial charge in [-0.2, -0.15) is 0 Å². The van der Waals surface area contributed by atoms with Crippen LogP contribution in [0.25, 0.3) is 0 Å². The number of benzene rings is 1. The fourth-order valence-corrected chi connectivity index (χ4v) is 2.94. The topological polar surface area (TPSA) is 12.0 Å². The maximum Gasteiger partial charge on any atom is -0.00169 e. The highest BCUT2D eigenvalue weighted by molar-refractivity contribution is 5.28. The summed E-state index contributed by atoms with van der Waals surface area (Å²) in [5, 5.41) is 3.45. The van der Waals surface area contributed by atoms with Gasteiger partial charge in [-0.1, -0.05) is 30.7 Å². The molecule has 0 spiro atoms. The van der Waals surface area contributed by atoms with Gasteiger partial charge in [0.25, 0.3) is 0 Å². The summed E-state index contributed by atoms with van der Waals surface area (Å²) in [5.41, 5.74) is 3.15. The van der Waals surface area contributed by atoms with Gasteiger partial charge in [0.15, 0.2) is 0 Å². The third-order valence-electron chi connectivity index (χ3n) is 4.21. The van der Waals surface area contributed by atoms with Gasteiger partial charge in [0.2, 0.25) is 0 Å². The van der Waals surface area contributed by atoms with Crippen LogP contribution >= 0.6 is 0 Å². The van der Waals surface area contributed by atoms with Crippen LogP contribution in [-0.4, -0.2) is 13.1 Å². The van der Waals surface area contributed by atoms with Gasteiger partial charge in [-0.05, 0) is 61.7 Å². The Kier molecular flexibility index (Phi) is 2.96. The lowest BCUT2D eigenvalue weighted by Crippen LogP contribution is -2.12. The van der Waals surface area contributed by atoms with E-state index in [4.69, 9.17) is 0 Å². The smallest absolute Gasteiger partial charge is 0.00169 e. The van der Waals surface area contributed by atoms with Crippen LogP contribution in [0.4, 0.5) is 0 Å². The zero-order valence-corrected chi connectivity index (χ0v) is 9.91. The van der Waals surface area contributed by atoms with Crippen molar-refractivity contribution < 1.29 is 0 Å². The normalized spacial score (nSPS) is 25.6. The van der Waals surface area contributed by atoms with Gasteiger partial charge in [0.05, 0.1) is 0 Å². The Bertz CT molecular complexity index is 348. The van der Waals surface area contributed by atoms with Gasteiger partial charge >= 0.3 is 0 Å². The summed E-state index contributed by atoms with van der Waals surface area (Å²) in [6.45, 7) is 2.43. The fourth-order valence-electron chi connectivity index (χ4n) is 2.94. The van der Waals surface area contributed by atoms with Crippen molar-refractivity contribution in [3.8, 4) is 0 Å². The summed E-state index contributed by atoms with van der Waals surface area (Å²) in [6.07, 6.45) is 6.88. The minimum Gasteiger partial charge on any atom is -0.316 e. The molecule has 1 saturated heterocycles. The fraction of sp³-hybridized carbons (Fsp3) is 0.600. The van der Waals surface area contributed by atoms with Crippen molar-refractivity contribution in [3.05, 3.63) is 35.4 Å². The van der Waals surface area contributed by atoms with Crippen molar-refractivity contribution in [2.75, 3.05) is 13.1 Å². The molecule has 1 heterocycles. The molecule has 1 unspecified atom stereocenters. The zero-order chi connectivity index (χ0) is 10.8. The Morgan fingerprint density at radius 1 is 1.19 bits per heavy atom. The van der Waals surface area contributed by atoms with E-state index in [1.165, 1.54) is 45.2 Å². The van der Waals surface area contributed by atoms with Crippen LogP contribution in [0.5, 0.6) is 0 Å². The van der Waals surface area contributed by atoms with Gasteiger partial charge in [0, 0.05) is 0 Å². The van der Waals surface area contributed by atoms with Crippen LogP contribution in [0.2, 0.25) is 0 Å². The Labute approximate surface area is 98.3 Å². The van der Waals surface area contributed by atoms with Crippen LogP contribution in [0.3, 0.4) is 0 Å². The van der Waals surface area contributed by atoms with Crippen molar-refractivity contribution in [2.45, 2.75) is 38.0 Å². The first-order valence-corrected chi connectivity index (χ1v) is 6.71. The van der Waals surface area contributed by atoms with Crippen molar-refractivity contribution in [1.82, 2.24) is 5.32 Å². The maximum atomic E-state index is 3.45. The lowest BCUT2D eigenvalue weighted by atomic mass is 9.79. The minimum atomic E-state index is 0.872. The van der Waals surface area contributed by atoms with E-state index in [1.807, 2.05) is 0 Å². The molecule has 1 N–H and O–H groups in total. The second-order valence-corrected chi connectivity index (χ2v) is 5.44. The summed E-state index contributed by atoms with van der Waals surface area (Å²) < 4.78 is 0. The van der Waals surface area contributed by atoms with E-state index in [2.05, 4.69) is 29.6 Å². The highest BCUT2D eigenvalue weighted by Gasteiger charge is 2.20. The average Bonchev–Trinajstić information content (AvgIpc) is 2.68. The van der Waals surface area contributed by atoms with Crippen LogP contribution < -0.4 is 5.32 Å². The Morgan fingerprint density at radius 2 is 2.12 bits per heavy atom. The number of nitrogens with one attached hydrogen (secondary N) is 1. The first-order chi connectivity index (χ1) is 7.92. The molecule has 16 heavy (non-hydrogen) atoms. The number of rotatable bonds is 3. The molecule has 2 aliphatic rings. The molecule has 1 heteroatoms. The molecule has 1 aromatic carbocycles. The predicted molar refractivity (Wildman–Crippen MR) is 67.7 cm³/mol. The lowest BCUT2D eigenvalue weighted by Gasteiger charge is -2.26. The summed E-state index contributed by atoms with van der Waals surface area (Å²) in [5.74, 6) is 1.75. The molecule has 1 atom stereocenters. The molecule has 1 saturated carbocycles. The van der Waals surface area contributed by atoms with Gasteiger partial charge in [-0.3, -0.25) is 0 Å². The van der Waals surface area contributed by atoms with Crippen LogP contribution in [0, 0.1) is 5.92 Å². The third kappa shape index (κ3) is 2.15. The molecule has 0 aromatic heterocycles. The van der Waals surface area contributed by atoms with E-state index >= 15 is 0 Å². The minimum absolute atomic E-state index is 0.872. The molecule has 0 amide bonds. The SMILES string of the molecule is c1cc(CC2CCNC2)cc(C2CCC2)c1. The van der Waals surface area contributed by atoms with Crippen LogP contribution in [-0.2, 0) is 6.42 Å². The largest absolute Gasteiger partial charge is 0.316 e. The van der Waals surface area contributed by atoms with Crippen LogP contribution in [0.15, 0.2) is 24.3 Å². The summed E-state index contributed by atoms with van der Waals surface area (Å²) in [6, 6.07) is 9.34. The maximum absolute atomic E-state index is 3.45. The van der Waals surface area contributed by atoms with Crippen LogP contribution in [0.1, 0.15) is 42.7 Å². The first-order valence-electron chi connectivity index (χ1n) is 6.71. The van der Waals surface area contributed by atoms with E-state index in [9.17, 15) is 0 Å². The number of hydrogen-bond donors (Lipinski definition) is 1. The van der Waals surface area contributed by atoms with Gasteiger partial charge < -0.3 is 5.32 Å². The molecule has 2 fully saturated rings. The molecule has 1 nitrogen and oxygen atoms in total. The lowest BCUT2D eigenvalue weighted by molar-refractivity contribution is 0.419. The number of hydrogen-bond acceptors (Lipinski definition) is 1. The first kappa shape index (κ1) is 10.3. The molecular weight excluding hydrogens is 194 g/mol. The molecule has 0 bridgehead atoms. The average molecular weight is 215 g/mol. The second-order valence-electron chi connectivity index (χ2n) is 5.44. The van der Waals surface area contributed by atoms with Crippen molar-refractivity contribution in [1.29, 1.82) is 0 Å². The standard InChI is InChI=1S/C15H21N/c1-3-12(9-13-7-8-16-11-13)10-15(6-1)14-4-2-5-14/h1,3,6,10,13-14,16H,2,4-5,7-9,11H2. The van der Waals surface area contributed by atoms with Gasteiger partial charge in [-0.15, -0.1) is 0 Å². The van der Waals surface area contributed by atoms with E-state index in [0.717, 1.165) is 11.8 Å². The zero-order valence-electron chi connectivity index (χ0n) is 9.91. The van der Waals surface area contributed by atoms with E-state index < -0.39 is 0 Å². The van der Waals surface area contributed by atoms with Gasteiger partial charge in [-0.25, -0.2) is 0 Å². The van der Waals surface area contributed by atoms with Gasteiger partial charge in [0.1, 0.15) is 0 Å².